The Balaban J connectivity index is 2.18. The Hall–Kier alpha value is -2.45. The highest BCUT2D eigenvalue weighted by atomic mass is 32.2. The van der Waals surface area contributed by atoms with E-state index in [4.69, 9.17) is 10.5 Å². The van der Waals surface area contributed by atoms with Crippen LogP contribution in [-0.2, 0) is 33.5 Å². The normalized spacial score (nSPS) is 12.2. The predicted octanol–water partition coefficient (Wildman–Crippen LogP) is 2.44. The van der Waals surface area contributed by atoms with Crippen molar-refractivity contribution < 1.29 is 17.5 Å². The zero-order valence-electron chi connectivity index (χ0n) is 14.7. The molecule has 0 atom stereocenters. The lowest BCUT2D eigenvalue weighted by atomic mass is 10.1. The van der Waals surface area contributed by atoms with Crippen LogP contribution in [0.2, 0.25) is 0 Å². The Morgan fingerprint density at radius 3 is 2.62 bits per heavy atom. The molecular formula is C18H22FN3O3S. The number of nitrogens with one attached hydrogen (secondary N) is 1. The van der Waals surface area contributed by atoms with Gasteiger partial charge in [0.15, 0.2) is 15.8 Å². The molecule has 2 rings (SSSR count). The number of aliphatic imine (C=N–C) groups is 1. The number of ether oxygens (including phenoxy) is 1. The number of anilines is 1. The highest BCUT2D eigenvalue weighted by Gasteiger charge is 2.11. The number of nitrogens with zero attached hydrogens (tertiary/aromatic N) is 1. The fourth-order valence-electron chi connectivity index (χ4n) is 2.44. The second-order valence-corrected chi connectivity index (χ2v) is 8.04. The molecule has 0 spiro atoms. The maximum absolute atomic E-state index is 13.5. The molecule has 0 aliphatic rings. The minimum Gasteiger partial charge on any atom is -0.380 e. The molecular weight excluding hydrogens is 357 g/mol. The fourth-order valence-corrected chi connectivity index (χ4v) is 3.28. The monoisotopic (exact) mass is 379 g/mol. The number of methoxy groups -OCH3 is 1. The van der Waals surface area contributed by atoms with Crippen molar-refractivity contribution in [1.29, 1.82) is 0 Å². The van der Waals surface area contributed by atoms with Crippen LogP contribution in [0.3, 0.4) is 0 Å². The molecule has 140 valence electrons. The highest BCUT2D eigenvalue weighted by Crippen LogP contribution is 2.17. The van der Waals surface area contributed by atoms with E-state index in [1.54, 1.807) is 7.11 Å². The van der Waals surface area contributed by atoms with Gasteiger partial charge >= 0.3 is 0 Å². The van der Waals surface area contributed by atoms with Crippen molar-refractivity contribution in [3.05, 3.63) is 65.0 Å². The van der Waals surface area contributed by atoms with Crippen molar-refractivity contribution in [3.63, 3.8) is 0 Å². The summed E-state index contributed by atoms with van der Waals surface area (Å²) in [6.07, 6.45) is 1.13. The Morgan fingerprint density at radius 1 is 1.19 bits per heavy atom. The van der Waals surface area contributed by atoms with Crippen LogP contribution in [0.4, 0.5) is 10.1 Å². The number of sulfone groups is 1. The average molecular weight is 379 g/mol. The Kier molecular flexibility index (Phi) is 6.70. The van der Waals surface area contributed by atoms with Gasteiger partial charge in [-0.05, 0) is 29.3 Å². The molecule has 0 radical (unpaired) electrons. The van der Waals surface area contributed by atoms with Gasteiger partial charge in [0, 0.05) is 24.6 Å². The third kappa shape index (κ3) is 6.12. The number of halogens is 1. The SMILES string of the molecule is COCc1ccccc1NC(N)=NCc1cc(F)ccc1CS(C)(=O)=O. The van der Waals surface area contributed by atoms with Crippen LogP contribution in [0.15, 0.2) is 47.5 Å². The van der Waals surface area contributed by atoms with Crippen LogP contribution in [0.1, 0.15) is 16.7 Å². The lowest BCUT2D eigenvalue weighted by Gasteiger charge is -2.11. The standard InChI is InChI=1S/C18H22FN3O3S/c1-25-11-13-5-3-4-6-17(13)22-18(20)21-10-15-9-16(19)8-7-14(15)12-26(2,23)24/h3-9H,10-12H2,1-2H3,(H3,20,21,22). The number of rotatable bonds is 7. The topological polar surface area (TPSA) is 93.8 Å². The summed E-state index contributed by atoms with van der Waals surface area (Å²) in [5.41, 5.74) is 8.57. The largest absolute Gasteiger partial charge is 0.380 e. The number of benzene rings is 2. The molecule has 3 N–H and O–H groups in total. The van der Waals surface area contributed by atoms with E-state index >= 15 is 0 Å². The van der Waals surface area contributed by atoms with Crippen molar-refractivity contribution in [3.8, 4) is 0 Å². The lowest BCUT2D eigenvalue weighted by Crippen LogP contribution is -2.23. The molecule has 6 nitrogen and oxygen atoms in total. The molecule has 0 aliphatic carbocycles. The van der Waals surface area contributed by atoms with Crippen LogP contribution in [-0.4, -0.2) is 27.7 Å². The maximum Gasteiger partial charge on any atom is 0.193 e. The molecule has 0 heterocycles. The summed E-state index contributed by atoms with van der Waals surface area (Å²) in [4.78, 5) is 4.20. The molecule has 2 aromatic carbocycles. The number of nitrogens with two attached hydrogens (primary N) is 1. The molecule has 0 saturated heterocycles. The quantitative estimate of drug-likeness (QED) is 0.569. The third-order valence-electron chi connectivity index (χ3n) is 3.59. The summed E-state index contributed by atoms with van der Waals surface area (Å²) in [7, 11) is -1.64. The Bertz CT molecular complexity index is 898. The van der Waals surface area contributed by atoms with Crippen LogP contribution >= 0.6 is 0 Å². The first-order valence-electron chi connectivity index (χ1n) is 7.87. The zero-order valence-corrected chi connectivity index (χ0v) is 15.5. The summed E-state index contributed by atoms with van der Waals surface area (Å²) in [5, 5.41) is 2.98. The van der Waals surface area contributed by atoms with E-state index in [1.807, 2.05) is 24.3 Å². The van der Waals surface area contributed by atoms with E-state index in [0.717, 1.165) is 17.5 Å². The number of hydrogen-bond acceptors (Lipinski definition) is 4. The molecule has 0 saturated carbocycles. The highest BCUT2D eigenvalue weighted by molar-refractivity contribution is 7.89. The van der Waals surface area contributed by atoms with E-state index in [0.29, 0.717) is 17.7 Å². The average Bonchev–Trinajstić information content (AvgIpc) is 2.56. The van der Waals surface area contributed by atoms with Gasteiger partial charge in [-0.2, -0.15) is 0 Å². The Labute approximate surface area is 152 Å². The van der Waals surface area contributed by atoms with Gasteiger partial charge in [0.2, 0.25) is 0 Å². The van der Waals surface area contributed by atoms with Crippen molar-refractivity contribution >= 4 is 21.5 Å². The van der Waals surface area contributed by atoms with Gasteiger partial charge < -0.3 is 15.8 Å². The lowest BCUT2D eigenvalue weighted by molar-refractivity contribution is 0.185. The first-order chi connectivity index (χ1) is 12.3. The van der Waals surface area contributed by atoms with Crippen LogP contribution in [0.5, 0.6) is 0 Å². The molecule has 0 bridgehead atoms. The first kappa shape index (κ1) is 19.9. The molecule has 0 amide bonds. The van der Waals surface area contributed by atoms with E-state index in [1.165, 1.54) is 18.2 Å². The second kappa shape index (κ2) is 8.77. The molecule has 0 aromatic heterocycles. The van der Waals surface area contributed by atoms with Crippen molar-refractivity contribution in [2.24, 2.45) is 10.7 Å². The van der Waals surface area contributed by atoms with Crippen molar-refractivity contribution in [2.45, 2.75) is 18.9 Å². The van der Waals surface area contributed by atoms with Gasteiger partial charge in [0.1, 0.15) is 5.82 Å². The predicted molar refractivity (Wildman–Crippen MR) is 101 cm³/mol. The van der Waals surface area contributed by atoms with E-state index in [-0.39, 0.29) is 18.3 Å². The molecule has 0 fully saturated rings. The summed E-state index contributed by atoms with van der Waals surface area (Å²) >= 11 is 0. The van der Waals surface area contributed by atoms with Crippen LogP contribution in [0, 0.1) is 5.82 Å². The van der Waals surface area contributed by atoms with Gasteiger partial charge in [-0.25, -0.2) is 17.8 Å². The number of guanidine groups is 1. The van der Waals surface area contributed by atoms with Gasteiger partial charge in [0.05, 0.1) is 18.9 Å². The van der Waals surface area contributed by atoms with Gasteiger partial charge in [0.25, 0.3) is 0 Å². The molecule has 2 aromatic rings. The van der Waals surface area contributed by atoms with Crippen molar-refractivity contribution in [1.82, 2.24) is 0 Å². The van der Waals surface area contributed by atoms with E-state index in [2.05, 4.69) is 10.3 Å². The fraction of sp³-hybridized carbons (Fsp3) is 0.278. The van der Waals surface area contributed by atoms with Crippen LogP contribution < -0.4 is 11.1 Å². The molecule has 8 heteroatoms. The summed E-state index contributed by atoms with van der Waals surface area (Å²) in [5.74, 6) is -0.491. The number of hydrogen-bond donors (Lipinski definition) is 2. The summed E-state index contributed by atoms with van der Waals surface area (Å²) in [6.45, 7) is 0.479. The van der Waals surface area contributed by atoms with Gasteiger partial charge in [-0.3, -0.25) is 0 Å². The van der Waals surface area contributed by atoms with E-state index < -0.39 is 15.7 Å². The smallest absolute Gasteiger partial charge is 0.193 e. The molecule has 0 unspecified atom stereocenters. The first-order valence-corrected chi connectivity index (χ1v) is 9.93. The van der Waals surface area contributed by atoms with Gasteiger partial charge in [-0.15, -0.1) is 0 Å². The third-order valence-corrected chi connectivity index (χ3v) is 4.42. The Morgan fingerprint density at radius 2 is 1.92 bits per heavy atom. The minimum absolute atomic E-state index is 0.0634. The van der Waals surface area contributed by atoms with Crippen LogP contribution in [0.25, 0.3) is 0 Å². The maximum atomic E-state index is 13.5. The number of para-hydroxylation sites is 1. The van der Waals surface area contributed by atoms with E-state index in [9.17, 15) is 12.8 Å². The summed E-state index contributed by atoms with van der Waals surface area (Å²) in [6, 6.07) is 11.4. The molecule has 26 heavy (non-hydrogen) atoms. The second-order valence-electron chi connectivity index (χ2n) is 5.90. The van der Waals surface area contributed by atoms with Crippen molar-refractivity contribution in [2.75, 3.05) is 18.7 Å². The molecule has 0 aliphatic heterocycles. The van der Waals surface area contributed by atoms with Gasteiger partial charge in [-0.1, -0.05) is 24.3 Å². The summed E-state index contributed by atoms with van der Waals surface area (Å²) < 4.78 is 41.7. The minimum atomic E-state index is -3.24. The zero-order chi connectivity index (χ0) is 19.2.